The zero-order chi connectivity index (χ0) is 42.2. The molecule has 1 aromatic heterocycles. The maximum Gasteiger partial charge on any atom is 0.165 e. The predicted molar refractivity (Wildman–Crippen MR) is 256 cm³/mol. The van der Waals surface area contributed by atoms with Crippen molar-refractivity contribution in [2.75, 3.05) is 4.90 Å². The van der Waals surface area contributed by atoms with E-state index in [2.05, 4.69) is 228 Å². The standard InChI is InChI=1S/C58H46N4/c1-37-20-19-23-41(36-37)55-59-54(40-34-32-39(33-35-40)38-21-9-6-10-22-38)60-56(61-55)50-48-44-28-15-17-30-46(44)57(2,3)51(48)53(52-49(50)45-29-16-18-31-47(45)58(52,4)5)62(42-24-11-7-12-25-42)43-26-13-8-14-27-43/h6-36H,1-5H3. The SMILES string of the molecule is Cc1cccc(-c2nc(-c3ccc(-c4ccccc4)cc3)nc(-c3c4c(c(N(c5ccccc5)c5ccccc5)c5c3-c3ccccc3C5(C)C)C(C)(C)c3ccccc3-4)n2)c1. The molecule has 9 aromatic rings. The molecular formula is C58H46N4. The van der Waals surface area contributed by atoms with Gasteiger partial charge in [-0.15, -0.1) is 0 Å². The number of hydrogen-bond acceptors (Lipinski definition) is 4. The number of rotatable bonds is 7. The van der Waals surface area contributed by atoms with Crippen molar-refractivity contribution in [1.29, 1.82) is 0 Å². The van der Waals surface area contributed by atoms with Gasteiger partial charge in [-0.1, -0.05) is 191 Å². The molecule has 2 aliphatic carbocycles. The second kappa shape index (κ2) is 14.4. The molecule has 2 aliphatic rings. The van der Waals surface area contributed by atoms with Gasteiger partial charge in [0, 0.05) is 38.9 Å². The van der Waals surface area contributed by atoms with E-state index in [9.17, 15) is 0 Å². The van der Waals surface area contributed by atoms with E-state index < -0.39 is 0 Å². The van der Waals surface area contributed by atoms with Crippen molar-refractivity contribution in [2.45, 2.75) is 45.4 Å². The summed E-state index contributed by atoms with van der Waals surface area (Å²) in [6.07, 6.45) is 0. The third-order valence-corrected chi connectivity index (χ3v) is 13.1. The van der Waals surface area contributed by atoms with Crippen molar-refractivity contribution < 1.29 is 0 Å². The molecule has 0 unspecified atom stereocenters. The number of fused-ring (bicyclic) bond motifs is 6. The molecule has 8 aromatic carbocycles. The second-order valence-electron chi connectivity index (χ2n) is 17.7. The first-order chi connectivity index (χ1) is 30.2. The van der Waals surface area contributed by atoms with Gasteiger partial charge < -0.3 is 4.90 Å². The molecule has 0 saturated carbocycles. The number of anilines is 3. The lowest BCUT2D eigenvalue weighted by atomic mass is 9.74. The molecule has 0 fully saturated rings. The van der Waals surface area contributed by atoms with Gasteiger partial charge in [0.25, 0.3) is 0 Å². The van der Waals surface area contributed by atoms with Crippen molar-refractivity contribution >= 4 is 17.1 Å². The Kier molecular flexibility index (Phi) is 8.69. The molecule has 0 spiro atoms. The van der Waals surface area contributed by atoms with Crippen LogP contribution in [0.5, 0.6) is 0 Å². The van der Waals surface area contributed by atoms with Crippen LogP contribution in [-0.2, 0) is 10.8 Å². The average molecular weight is 799 g/mol. The lowest BCUT2D eigenvalue weighted by Gasteiger charge is -2.37. The molecule has 0 aliphatic heterocycles. The summed E-state index contributed by atoms with van der Waals surface area (Å²) < 4.78 is 0. The van der Waals surface area contributed by atoms with Crippen LogP contribution < -0.4 is 4.90 Å². The van der Waals surface area contributed by atoms with Gasteiger partial charge in [-0.3, -0.25) is 0 Å². The Balaban J connectivity index is 1.29. The molecule has 0 saturated heterocycles. The highest BCUT2D eigenvalue weighted by Gasteiger charge is 2.49. The second-order valence-corrected chi connectivity index (χ2v) is 17.7. The number of aryl methyl sites for hydroxylation is 1. The van der Waals surface area contributed by atoms with Crippen LogP contribution in [0.25, 0.3) is 67.5 Å². The minimum atomic E-state index is -0.389. The fraction of sp³-hybridized carbons (Fsp3) is 0.121. The number of aromatic nitrogens is 3. The minimum absolute atomic E-state index is 0.389. The van der Waals surface area contributed by atoms with Gasteiger partial charge in [-0.05, 0) is 92.9 Å². The Morgan fingerprint density at radius 2 is 0.790 bits per heavy atom. The number of benzene rings is 8. The van der Waals surface area contributed by atoms with Crippen LogP contribution in [0.3, 0.4) is 0 Å². The summed E-state index contributed by atoms with van der Waals surface area (Å²) >= 11 is 0. The van der Waals surface area contributed by atoms with Crippen LogP contribution in [0.4, 0.5) is 17.1 Å². The molecule has 0 atom stereocenters. The third kappa shape index (κ3) is 5.85. The summed E-state index contributed by atoms with van der Waals surface area (Å²) in [6.45, 7) is 11.7. The number of hydrogen-bond donors (Lipinski definition) is 0. The van der Waals surface area contributed by atoms with E-state index >= 15 is 0 Å². The van der Waals surface area contributed by atoms with Crippen molar-refractivity contribution in [2.24, 2.45) is 0 Å². The maximum atomic E-state index is 5.58. The fourth-order valence-electron chi connectivity index (χ4n) is 10.2. The van der Waals surface area contributed by atoms with Crippen molar-refractivity contribution in [3.8, 4) is 67.5 Å². The predicted octanol–water partition coefficient (Wildman–Crippen LogP) is 14.9. The summed E-state index contributed by atoms with van der Waals surface area (Å²) in [5.41, 5.74) is 19.0. The number of para-hydroxylation sites is 2. The fourth-order valence-corrected chi connectivity index (χ4v) is 10.2. The lowest BCUT2D eigenvalue weighted by Crippen LogP contribution is -2.26. The van der Waals surface area contributed by atoms with E-state index in [1.54, 1.807) is 0 Å². The molecule has 11 rings (SSSR count). The molecular weight excluding hydrogens is 753 g/mol. The third-order valence-electron chi connectivity index (χ3n) is 13.1. The Morgan fingerprint density at radius 3 is 1.32 bits per heavy atom. The van der Waals surface area contributed by atoms with E-state index in [1.165, 1.54) is 55.8 Å². The molecule has 298 valence electrons. The first-order valence-corrected chi connectivity index (χ1v) is 21.5. The van der Waals surface area contributed by atoms with E-state index in [0.29, 0.717) is 17.5 Å². The molecule has 1 heterocycles. The quantitative estimate of drug-likeness (QED) is 0.161. The van der Waals surface area contributed by atoms with Crippen LogP contribution in [0.1, 0.15) is 55.5 Å². The average Bonchev–Trinajstić information content (AvgIpc) is 3.70. The highest BCUT2D eigenvalue weighted by Crippen LogP contribution is 2.65. The summed E-state index contributed by atoms with van der Waals surface area (Å²) in [4.78, 5) is 18.9. The van der Waals surface area contributed by atoms with Gasteiger partial charge in [0.2, 0.25) is 0 Å². The van der Waals surface area contributed by atoms with E-state index in [4.69, 9.17) is 15.0 Å². The van der Waals surface area contributed by atoms with Crippen molar-refractivity contribution in [3.05, 3.63) is 216 Å². The van der Waals surface area contributed by atoms with Crippen molar-refractivity contribution in [1.82, 2.24) is 15.0 Å². The normalized spacial score (nSPS) is 13.8. The molecule has 4 nitrogen and oxygen atoms in total. The molecule has 0 N–H and O–H groups in total. The summed E-state index contributed by atoms with van der Waals surface area (Å²) in [5.74, 6) is 1.96. The summed E-state index contributed by atoms with van der Waals surface area (Å²) in [7, 11) is 0. The smallest absolute Gasteiger partial charge is 0.165 e. The Morgan fingerprint density at radius 1 is 0.371 bits per heavy atom. The summed E-state index contributed by atoms with van der Waals surface area (Å²) in [6, 6.07) is 67.3. The zero-order valence-corrected chi connectivity index (χ0v) is 35.7. The Hall–Kier alpha value is -7.43. The van der Waals surface area contributed by atoms with Crippen molar-refractivity contribution in [3.63, 3.8) is 0 Å². The van der Waals surface area contributed by atoms with Crippen LogP contribution >= 0.6 is 0 Å². The largest absolute Gasteiger partial charge is 0.310 e. The zero-order valence-electron chi connectivity index (χ0n) is 35.7. The van der Waals surface area contributed by atoms with E-state index in [0.717, 1.165) is 39.2 Å². The summed E-state index contributed by atoms with van der Waals surface area (Å²) in [5, 5.41) is 0. The topological polar surface area (TPSA) is 41.9 Å². The minimum Gasteiger partial charge on any atom is -0.310 e. The van der Waals surface area contributed by atoms with Crippen LogP contribution in [0.2, 0.25) is 0 Å². The van der Waals surface area contributed by atoms with E-state index in [-0.39, 0.29) is 10.8 Å². The Bertz CT molecular complexity index is 3040. The molecule has 0 radical (unpaired) electrons. The van der Waals surface area contributed by atoms with Crippen LogP contribution in [-0.4, -0.2) is 15.0 Å². The van der Waals surface area contributed by atoms with Crippen LogP contribution in [0, 0.1) is 6.92 Å². The molecule has 0 bridgehead atoms. The van der Waals surface area contributed by atoms with E-state index in [1.807, 2.05) is 0 Å². The van der Waals surface area contributed by atoms with Crippen LogP contribution in [0.15, 0.2) is 188 Å². The van der Waals surface area contributed by atoms with Gasteiger partial charge in [-0.2, -0.15) is 0 Å². The van der Waals surface area contributed by atoms with Gasteiger partial charge in [0.15, 0.2) is 17.5 Å². The van der Waals surface area contributed by atoms with Gasteiger partial charge in [-0.25, -0.2) is 15.0 Å². The number of nitrogens with zero attached hydrogens (tertiary/aromatic N) is 4. The van der Waals surface area contributed by atoms with Gasteiger partial charge in [0.05, 0.1) is 5.69 Å². The Labute approximate surface area is 364 Å². The highest BCUT2D eigenvalue weighted by atomic mass is 15.2. The molecule has 0 amide bonds. The first kappa shape index (κ1) is 37.6. The van der Waals surface area contributed by atoms with Gasteiger partial charge in [0.1, 0.15) is 0 Å². The monoisotopic (exact) mass is 798 g/mol. The molecule has 4 heteroatoms. The highest BCUT2D eigenvalue weighted by molar-refractivity contribution is 6.09. The maximum absolute atomic E-state index is 5.58. The first-order valence-electron chi connectivity index (χ1n) is 21.5. The molecule has 62 heavy (non-hydrogen) atoms. The lowest BCUT2D eigenvalue weighted by molar-refractivity contribution is 0.640. The van der Waals surface area contributed by atoms with Gasteiger partial charge >= 0.3 is 0 Å².